The molecule has 0 aliphatic carbocycles. The Bertz CT molecular complexity index is 1820. The molecule has 0 unspecified atom stereocenters. The third-order valence-electron chi connectivity index (χ3n) is 7.65. The first-order valence-corrected chi connectivity index (χ1v) is 15.2. The first-order chi connectivity index (χ1) is 22.4. The van der Waals surface area contributed by atoms with E-state index in [0.717, 1.165) is 22.8 Å². The SMILES string of the molecule is C=CC(=O)Nc1cc(Nc2ncc(F)c(-c3c4n(c5ccccc35)CCOC4)n2)c(OC)cc1N(C)CCN(C)C(=O)OC(C)(C)C. The molecule has 3 heterocycles. The second kappa shape index (κ2) is 13.7. The molecule has 1 aliphatic heterocycles. The molecule has 2 aromatic carbocycles. The van der Waals surface area contributed by atoms with Crippen LogP contribution in [0, 0.1) is 5.82 Å². The largest absolute Gasteiger partial charge is 0.494 e. The van der Waals surface area contributed by atoms with Crippen LogP contribution in [0.1, 0.15) is 26.5 Å². The number of ether oxygens (including phenoxy) is 3. The summed E-state index contributed by atoms with van der Waals surface area (Å²) >= 11 is 0. The lowest BCUT2D eigenvalue weighted by Crippen LogP contribution is -2.38. The summed E-state index contributed by atoms with van der Waals surface area (Å²) < 4.78 is 34.5. The minimum absolute atomic E-state index is 0.126. The number of benzene rings is 2. The summed E-state index contributed by atoms with van der Waals surface area (Å²) in [6, 6.07) is 11.2. The second-order valence-corrected chi connectivity index (χ2v) is 12.1. The highest BCUT2D eigenvalue weighted by molar-refractivity contribution is 6.02. The third-order valence-corrected chi connectivity index (χ3v) is 7.65. The number of likely N-dealkylation sites (N-methyl/N-ethyl adjacent to an activating group) is 2. The number of amides is 2. The minimum atomic E-state index is -0.617. The molecule has 0 fully saturated rings. The van der Waals surface area contributed by atoms with E-state index in [2.05, 4.69) is 31.7 Å². The number of para-hydroxylation sites is 1. The van der Waals surface area contributed by atoms with Crippen LogP contribution in [0.4, 0.5) is 32.2 Å². The number of rotatable bonds is 10. The maximum Gasteiger partial charge on any atom is 0.410 e. The van der Waals surface area contributed by atoms with Crippen LogP contribution in [0.3, 0.4) is 0 Å². The van der Waals surface area contributed by atoms with Crippen molar-refractivity contribution in [3.63, 3.8) is 0 Å². The van der Waals surface area contributed by atoms with Gasteiger partial charge in [-0.15, -0.1) is 0 Å². The van der Waals surface area contributed by atoms with Crippen molar-refractivity contribution in [2.75, 3.05) is 56.4 Å². The lowest BCUT2D eigenvalue weighted by atomic mass is 10.1. The molecular weight excluding hydrogens is 605 g/mol. The van der Waals surface area contributed by atoms with Gasteiger partial charge in [-0.1, -0.05) is 24.8 Å². The Morgan fingerprint density at radius 1 is 1.17 bits per heavy atom. The zero-order chi connectivity index (χ0) is 33.9. The summed E-state index contributed by atoms with van der Waals surface area (Å²) in [5.74, 6) is -0.450. The number of fused-ring (bicyclic) bond motifs is 3. The molecule has 5 rings (SSSR count). The number of anilines is 4. The van der Waals surface area contributed by atoms with E-state index in [1.54, 1.807) is 19.2 Å². The Morgan fingerprint density at radius 2 is 1.94 bits per heavy atom. The van der Waals surface area contributed by atoms with Gasteiger partial charge in [0.15, 0.2) is 5.82 Å². The number of hydrogen-bond acceptors (Lipinski definition) is 9. The van der Waals surface area contributed by atoms with E-state index in [1.165, 1.54) is 18.1 Å². The zero-order valence-electron chi connectivity index (χ0n) is 27.5. The second-order valence-electron chi connectivity index (χ2n) is 12.1. The van der Waals surface area contributed by atoms with Crippen molar-refractivity contribution in [3.05, 3.63) is 66.8 Å². The van der Waals surface area contributed by atoms with Gasteiger partial charge in [0.05, 0.1) is 49.3 Å². The van der Waals surface area contributed by atoms with E-state index in [4.69, 9.17) is 14.2 Å². The number of nitrogens with zero attached hydrogens (tertiary/aromatic N) is 5. The van der Waals surface area contributed by atoms with Gasteiger partial charge in [-0.05, 0) is 39.0 Å². The van der Waals surface area contributed by atoms with E-state index < -0.39 is 23.4 Å². The standard InChI is InChI=1S/C34H40FN7O5/c1-8-29(43)37-23-17-24(28(45-7)18-26(23)40(5)13-14-41(6)33(44)47-34(2,3)4)38-32-36-19-22(35)31(39-32)30-21-11-9-10-12-25(21)42-15-16-46-20-27(30)42/h8-12,17-19H,1,13-16,20H2,2-7H3,(H,37,43)(H,36,38,39). The van der Waals surface area contributed by atoms with Crippen LogP contribution in [0.2, 0.25) is 0 Å². The molecule has 0 spiro atoms. The van der Waals surface area contributed by atoms with Gasteiger partial charge in [0, 0.05) is 56.3 Å². The van der Waals surface area contributed by atoms with E-state index >= 15 is 4.39 Å². The van der Waals surface area contributed by atoms with Gasteiger partial charge in [-0.2, -0.15) is 0 Å². The Balaban J connectivity index is 1.47. The third kappa shape index (κ3) is 7.30. The highest BCUT2D eigenvalue weighted by Gasteiger charge is 2.25. The predicted octanol–water partition coefficient (Wildman–Crippen LogP) is 5.95. The Hall–Kier alpha value is -5.17. The Kier molecular flexibility index (Phi) is 9.66. The average molecular weight is 646 g/mol. The molecule has 13 heteroatoms. The van der Waals surface area contributed by atoms with Crippen molar-refractivity contribution in [2.24, 2.45) is 0 Å². The molecule has 248 valence electrons. The van der Waals surface area contributed by atoms with Crippen LogP contribution < -0.4 is 20.3 Å². The summed E-state index contributed by atoms with van der Waals surface area (Å²) in [5.41, 5.74) is 3.49. The van der Waals surface area contributed by atoms with Crippen LogP contribution in [0.5, 0.6) is 5.75 Å². The number of methoxy groups -OCH3 is 1. The number of nitrogens with one attached hydrogen (secondary N) is 2. The maximum absolute atomic E-state index is 15.4. The number of carbonyl (C=O) groups is 2. The van der Waals surface area contributed by atoms with E-state index in [9.17, 15) is 9.59 Å². The van der Waals surface area contributed by atoms with Gasteiger partial charge in [0.25, 0.3) is 0 Å². The van der Waals surface area contributed by atoms with Gasteiger partial charge >= 0.3 is 6.09 Å². The van der Waals surface area contributed by atoms with E-state index in [-0.39, 0.29) is 11.6 Å². The fourth-order valence-corrected chi connectivity index (χ4v) is 5.36. The molecule has 1 aliphatic rings. The molecule has 0 radical (unpaired) electrons. The highest BCUT2D eigenvalue weighted by atomic mass is 19.1. The van der Waals surface area contributed by atoms with Gasteiger partial charge in [-0.25, -0.2) is 19.2 Å². The van der Waals surface area contributed by atoms with Gasteiger partial charge < -0.3 is 39.2 Å². The molecule has 2 amide bonds. The fourth-order valence-electron chi connectivity index (χ4n) is 5.36. The van der Waals surface area contributed by atoms with Crippen molar-refractivity contribution in [3.8, 4) is 17.0 Å². The first kappa shape index (κ1) is 33.2. The summed E-state index contributed by atoms with van der Waals surface area (Å²) in [5, 5.41) is 6.86. The van der Waals surface area contributed by atoms with Crippen LogP contribution in [-0.2, 0) is 27.4 Å². The quantitative estimate of drug-likeness (QED) is 0.202. The van der Waals surface area contributed by atoms with Crippen LogP contribution in [0.25, 0.3) is 22.2 Å². The summed E-state index contributed by atoms with van der Waals surface area (Å²) in [7, 11) is 5.00. The number of halogens is 1. The van der Waals surface area contributed by atoms with Gasteiger partial charge in [0.1, 0.15) is 17.0 Å². The lowest BCUT2D eigenvalue weighted by molar-refractivity contribution is -0.111. The van der Waals surface area contributed by atoms with E-state index in [0.29, 0.717) is 61.2 Å². The number of carbonyl (C=O) groups excluding carboxylic acids is 2. The lowest BCUT2D eigenvalue weighted by Gasteiger charge is -2.28. The molecular formula is C34H40FN7O5. The van der Waals surface area contributed by atoms with Crippen LogP contribution in [0.15, 0.2) is 55.3 Å². The molecule has 0 saturated heterocycles. The van der Waals surface area contributed by atoms with Gasteiger partial charge in [0.2, 0.25) is 11.9 Å². The average Bonchev–Trinajstić information content (AvgIpc) is 3.37. The van der Waals surface area contributed by atoms with Gasteiger partial charge in [-0.3, -0.25) is 4.79 Å². The molecule has 0 atom stereocenters. The predicted molar refractivity (Wildman–Crippen MR) is 180 cm³/mol. The maximum atomic E-state index is 15.4. The number of aromatic nitrogens is 3. The summed E-state index contributed by atoms with van der Waals surface area (Å²) in [4.78, 5) is 37.1. The molecule has 2 aromatic heterocycles. The van der Waals surface area contributed by atoms with Crippen molar-refractivity contribution < 1.29 is 28.2 Å². The minimum Gasteiger partial charge on any atom is -0.494 e. The molecule has 2 N–H and O–H groups in total. The first-order valence-electron chi connectivity index (χ1n) is 15.2. The fraction of sp³-hybridized carbons (Fsp3) is 0.353. The van der Waals surface area contributed by atoms with Crippen LogP contribution in [-0.4, -0.2) is 77.9 Å². The Labute approximate surface area is 273 Å². The van der Waals surface area contributed by atoms with Crippen molar-refractivity contribution in [1.82, 2.24) is 19.4 Å². The smallest absolute Gasteiger partial charge is 0.410 e. The zero-order valence-corrected chi connectivity index (χ0v) is 27.5. The highest BCUT2D eigenvalue weighted by Crippen LogP contribution is 2.40. The van der Waals surface area contributed by atoms with Crippen LogP contribution >= 0.6 is 0 Å². The Morgan fingerprint density at radius 3 is 2.66 bits per heavy atom. The molecule has 47 heavy (non-hydrogen) atoms. The normalized spacial score (nSPS) is 12.7. The van der Waals surface area contributed by atoms with E-state index in [1.807, 2.05) is 57.0 Å². The summed E-state index contributed by atoms with van der Waals surface area (Å²) in [6.07, 6.45) is 1.85. The topological polar surface area (TPSA) is 123 Å². The van der Waals surface area contributed by atoms with Crippen molar-refractivity contribution in [1.29, 1.82) is 0 Å². The summed E-state index contributed by atoms with van der Waals surface area (Å²) in [6.45, 7) is 11.3. The molecule has 12 nitrogen and oxygen atoms in total. The number of hydrogen-bond donors (Lipinski definition) is 2. The molecule has 0 saturated carbocycles. The van der Waals surface area contributed by atoms with Crippen molar-refractivity contribution >= 4 is 45.9 Å². The monoisotopic (exact) mass is 645 g/mol. The molecule has 4 aromatic rings. The molecule has 0 bridgehead atoms. The van der Waals surface area contributed by atoms with Crippen molar-refractivity contribution in [2.45, 2.75) is 39.5 Å².